The van der Waals surface area contributed by atoms with Gasteiger partial charge in [0.2, 0.25) is 5.95 Å². The molecule has 9 nitrogen and oxygen atoms in total. The van der Waals surface area contributed by atoms with E-state index in [4.69, 9.17) is 26.5 Å². The molecule has 3 heterocycles. The largest absolute Gasteiger partial charge is 0.414 e. The number of aliphatic hydroxyl groups excluding tert-OH is 1. The third kappa shape index (κ3) is 3.53. The Bertz CT molecular complexity index is 882. The van der Waals surface area contributed by atoms with Gasteiger partial charge in [-0.05, 0) is 25.1 Å². The van der Waals surface area contributed by atoms with Crippen molar-refractivity contribution in [2.24, 2.45) is 0 Å². The van der Waals surface area contributed by atoms with Crippen LogP contribution in [0.3, 0.4) is 0 Å². The minimum absolute atomic E-state index is 0.0181. The van der Waals surface area contributed by atoms with Gasteiger partial charge in [-0.2, -0.15) is 9.97 Å². The monoisotopic (exact) mass is 429 g/mol. The maximum Gasteiger partial charge on any atom is 0.223 e. The van der Waals surface area contributed by atoms with Gasteiger partial charge >= 0.3 is 0 Å². The predicted molar refractivity (Wildman–Crippen MR) is 108 cm³/mol. The molecule has 0 aliphatic carbocycles. The summed E-state index contributed by atoms with van der Waals surface area (Å²) in [6, 6.07) is 0. The van der Waals surface area contributed by atoms with Crippen molar-refractivity contribution in [3.05, 3.63) is 11.5 Å². The molecule has 0 saturated carbocycles. The zero-order valence-electron chi connectivity index (χ0n) is 17.0. The molecule has 1 fully saturated rings. The van der Waals surface area contributed by atoms with Crippen molar-refractivity contribution in [1.82, 2.24) is 19.5 Å². The van der Waals surface area contributed by atoms with E-state index in [1.54, 1.807) is 0 Å². The molecule has 0 bridgehead atoms. The molecule has 156 valence electrons. The van der Waals surface area contributed by atoms with Crippen molar-refractivity contribution in [1.29, 1.82) is 0 Å². The van der Waals surface area contributed by atoms with Crippen LogP contribution in [0, 0.1) is 0 Å². The Morgan fingerprint density at radius 3 is 2.64 bits per heavy atom. The lowest BCUT2D eigenvalue weighted by molar-refractivity contribution is -0.0948. The van der Waals surface area contributed by atoms with Crippen LogP contribution in [-0.4, -0.2) is 62.5 Å². The van der Waals surface area contributed by atoms with Crippen molar-refractivity contribution >= 4 is 37.0 Å². The highest BCUT2D eigenvalue weighted by molar-refractivity contribution is 6.74. The zero-order valence-corrected chi connectivity index (χ0v) is 18.7. The molecular formula is C17H28ClN5O4Si. The van der Waals surface area contributed by atoms with Crippen molar-refractivity contribution in [2.75, 3.05) is 12.3 Å². The van der Waals surface area contributed by atoms with Gasteiger partial charge in [0.1, 0.15) is 23.3 Å². The number of rotatable bonds is 4. The first-order valence-electron chi connectivity index (χ1n) is 9.11. The number of nitrogens with two attached hydrogens (primary N) is 1. The number of nitrogens with zero attached hydrogens (tertiary/aromatic N) is 4. The summed E-state index contributed by atoms with van der Waals surface area (Å²) in [5.41, 5.74) is 4.76. The second-order valence-corrected chi connectivity index (χ2v) is 14.1. The number of nitrogen functional groups attached to an aromatic ring is 1. The Labute approximate surface area is 170 Å². The second-order valence-electron chi connectivity index (χ2n) is 8.97. The fraction of sp³-hybridized carbons (Fsp3) is 0.706. The van der Waals surface area contributed by atoms with Gasteiger partial charge in [-0.1, -0.05) is 32.4 Å². The summed E-state index contributed by atoms with van der Waals surface area (Å²) in [5, 5.41) is 21.8. The van der Waals surface area contributed by atoms with Crippen LogP contribution in [0.25, 0.3) is 11.2 Å². The lowest BCUT2D eigenvalue weighted by Gasteiger charge is -2.37. The van der Waals surface area contributed by atoms with Gasteiger partial charge in [-0.25, -0.2) is 4.98 Å². The summed E-state index contributed by atoms with van der Waals surface area (Å²) in [6.07, 6.45) is -1.37. The second kappa shape index (κ2) is 6.89. The maximum absolute atomic E-state index is 11.0. The minimum atomic E-state index is -2.04. The molecule has 0 aromatic carbocycles. The van der Waals surface area contributed by atoms with E-state index in [9.17, 15) is 10.2 Å². The van der Waals surface area contributed by atoms with Crippen molar-refractivity contribution in [2.45, 2.75) is 69.9 Å². The Morgan fingerprint density at radius 2 is 2.04 bits per heavy atom. The molecule has 0 spiro atoms. The van der Waals surface area contributed by atoms with Gasteiger partial charge in [-0.3, -0.25) is 4.57 Å². The Morgan fingerprint density at radius 1 is 1.39 bits per heavy atom. The number of aromatic nitrogens is 4. The molecular weight excluding hydrogens is 402 g/mol. The van der Waals surface area contributed by atoms with E-state index in [0.29, 0.717) is 11.2 Å². The lowest BCUT2D eigenvalue weighted by atomic mass is 9.96. The summed E-state index contributed by atoms with van der Waals surface area (Å²) >= 11 is 6.08. The molecule has 1 saturated heterocycles. The first-order chi connectivity index (χ1) is 12.8. The smallest absolute Gasteiger partial charge is 0.223 e. The third-order valence-electron chi connectivity index (χ3n) is 5.82. The Balaban J connectivity index is 1.88. The van der Waals surface area contributed by atoms with E-state index >= 15 is 0 Å². The summed E-state index contributed by atoms with van der Waals surface area (Å²) in [5.74, 6) is -0.0183. The molecule has 3 rings (SSSR count). The average molecular weight is 430 g/mol. The predicted octanol–water partition coefficient (Wildman–Crippen LogP) is 2.09. The molecule has 0 amide bonds. The Hall–Kier alpha value is -1.30. The standard InChI is InChI=1S/C17H28ClN5O4Si/c1-16(2,3)28(5,6)26-7-9-11(24)17(4,25)14(27-9)23-8-20-10-12(18)21-15(19)22-13(10)23/h8-9,11,14,24-25H,7H2,1-6H3,(H2,19,21,22)/t9-,11-,14-,17-/m1/s1. The first kappa shape index (κ1) is 21.4. The average Bonchev–Trinajstić information content (AvgIpc) is 3.05. The molecule has 2 aromatic rings. The molecule has 4 atom stereocenters. The summed E-state index contributed by atoms with van der Waals surface area (Å²) in [6.45, 7) is 12.3. The van der Waals surface area contributed by atoms with Gasteiger partial charge in [0.05, 0.1) is 12.9 Å². The number of hydrogen-bond acceptors (Lipinski definition) is 8. The highest BCUT2D eigenvalue weighted by Crippen LogP contribution is 2.42. The normalized spacial score (nSPS) is 29.0. The maximum atomic E-state index is 11.0. The van der Waals surface area contributed by atoms with Crippen molar-refractivity contribution < 1.29 is 19.4 Å². The van der Waals surface area contributed by atoms with Gasteiger partial charge in [0.25, 0.3) is 0 Å². The van der Waals surface area contributed by atoms with Crippen LogP contribution in [-0.2, 0) is 9.16 Å². The highest BCUT2D eigenvalue weighted by atomic mass is 35.5. The van der Waals surface area contributed by atoms with Crippen molar-refractivity contribution in [3.8, 4) is 0 Å². The molecule has 28 heavy (non-hydrogen) atoms. The summed E-state index contributed by atoms with van der Waals surface area (Å²) in [4.78, 5) is 12.2. The van der Waals surface area contributed by atoms with E-state index in [1.165, 1.54) is 17.8 Å². The highest BCUT2D eigenvalue weighted by Gasteiger charge is 2.54. The number of fused-ring (bicyclic) bond motifs is 1. The number of anilines is 1. The van der Waals surface area contributed by atoms with Gasteiger partial charge in [0.15, 0.2) is 25.3 Å². The minimum Gasteiger partial charge on any atom is -0.414 e. The molecule has 1 aliphatic rings. The summed E-state index contributed by atoms with van der Waals surface area (Å²) in [7, 11) is -2.04. The Kier molecular flexibility index (Phi) is 5.27. The van der Waals surface area contributed by atoms with Crippen LogP contribution in [0.4, 0.5) is 5.95 Å². The van der Waals surface area contributed by atoms with E-state index < -0.39 is 32.4 Å². The number of ether oxygens (including phenoxy) is 1. The molecule has 0 radical (unpaired) electrons. The quantitative estimate of drug-likeness (QED) is 0.497. The van der Waals surface area contributed by atoms with Gasteiger partial charge < -0.3 is 25.1 Å². The van der Waals surface area contributed by atoms with Crippen LogP contribution >= 0.6 is 11.6 Å². The molecule has 2 aromatic heterocycles. The zero-order chi connectivity index (χ0) is 21.1. The fourth-order valence-corrected chi connectivity index (χ4v) is 4.19. The number of hydrogen-bond donors (Lipinski definition) is 3. The number of halogens is 1. The van der Waals surface area contributed by atoms with Crippen LogP contribution in [0.2, 0.25) is 23.3 Å². The van der Waals surface area contributed by atoms with E-state index in [1.807, 2.05) is 0 Å². The van der Waals surface area contributed by atoms with Gasteiger partial charge in [0, 0.05) is 0 Å². The topological polar surface area (TPSA) is 129 Å². The van der Waals surface area contributed by atoms with Crippen LogP contribution in [0.5, 0.6) is 0 Å². The molecule has 0 unspecified atom stereocenters. The fourth-order valence-electron chi connectivity index (χ4n) is 2.95. The van der Waals surface area contributed by atoms with Crippen LogP contribution in [0.1, 0.15) is 33.9 Å². The summed E-state index contributed by atoms with van der Waals surface area (Å²) < 4.78 is 13.7. The first-order valence-corrected chi connectivity index (χ1v) is 12.4. The SMILES string of the molecule is CC(C)(C)[Si](C)(C)OC[C@H]1O[C@@H](n2cnc3c(Cl)nc(N)nc32)[C@](C)(O)[C@@H]1O. The van der Waals surface area contributed by atoms with E-state index in [0.717, 1.165) is 0 Å². The van der Waals surface area contributed by atoms with Crippen molar-refractivity contribution in [3.63, 3.8) is 0 Å². The number of imidazole rings is 1. The number of aliphatic hydroxyl groups is 2. The van der Waals surface area contributed by atoms with Gasteiger partial charge in [-0.15, -0.1) is 0 Å². The van der Waals surface area contributed by atoms with Crippen LogP contribution < -0.4 is 5.73 Å². The van der Waals surface area contributed by atoms with Crippen LogP contribution in [0.15, 0.2) is 6.33 Å². The van der Waals surface area contributed by atoms with E-state index in [2.05, 4.69) is 48.8 Å². The van der Waals surface area contributed by atoms with E-state index in [-0.39, 0.29) is 22.7 Å². The lowest BCUT2D eigenvalue weighted by Crippen LogP contribution is -2.47. The molecule has 4 N–H and O–H groups in total. The molecule has 11 heteroatoms. The third-order valence-corrected chi connectivity index (χ3v) is 10.6. The molecule has 1 aliphatic heterocycles.